The molecule has 1 fully saturated rings. The van der Waals surface area contributed by atoms with Gasteiger partial charge >= 0.3 is 0 Å². The van der Waals surface area contributed by atoms with Gasteiger partial charge in [0, 0.05) is 19.1 Å². The summed E-state index contributed by atoms with van der Waals surface area (Å²) in [5.74, 6) is 0.863. The van der Waals surface area contributed by atoms with Gasteiger partial charge in [-0.2, -0.15) is 5.10 Å². The fourth-order valence-corrected chi connectivity index (χ4v) is 3.77. The van der Waals surface area contributed by atoms with Crippen LogP contribution in [0.5, 0.6) is 0 Å². The van der Waals surface area contributed by atoms with E-state index in [1.54, 1.807) is 0 Å². The standard InChI is InChI=1S/C15H26BrN3/c1-4-13-15(16)14(19(5-2)18-13)10-17-11(3)12-8-6-7-9-12/h11-12,17H,4-10H2,1-3H3/t11-/m1/s1. The molecule has 0 amide bonds. The van der Waals surface area contributed by atoms with Gasteiger partial charge in [0.05, 0.1) is 15.9 Å². The molecule has 0 bridgehead atoms. The Hall–Kier alpha value is -0.350. The SMILES string of the molecule is CCc1nn(CC)c(CN[C@H](C)C2CCCC2)c1Br. The lowest BCUT2D eigenvalue weighted by Gasteiger charge is -2.20. The highest BCUT2D eigenvalue weighted by Crippen LogP contribution is 2.28. The fourth-order valence-electron chi connectivity index (χ4n) is 3.07. The molecule has 1 heterocycles. The van der Waals surface area contributed by atoms with Gasteiger partial charge in [0.1, 0.15) is 0 Å². The molecule has 1 saturated carbocycles. The zero-order valence-electron chi connectivity index (χ0n) is 12.4. The first-order valence-corrected chi connectivity index (χ1v) is 8.44. The molecule has 0 aliphatic heterocycles. The van der Waals surface area contributed by atoms with Crippen LogP contribution in [-0.4, -0.2) is 15.8 Å². The average Bonchev–Trinajstić information content (AvgIpc) is 3.04. The molecule has 1 aromatic heterocycles. The first-order chi connectivity index (χ1) is 9.17. The number of halogens is 1. The Kier molecular flexibility index (Phi) is 5.46. The topological polar surface area (TPSA) is 29.9 Å². The largest absolute Gasteiger partial charge is 0.308 e. The minimum Gasteiger partial charge on any atom is -0.308 e. The zero-order valence-corrected chi connectivity index (χ0v) is 14.0. The van der Waals surface area contributed by atoms with E-state index in [4.69, 9.17) is 0 Å². The van der Waals surface area contributed by atoms with Crippen LogP contribution in [0, 0.1) is 5.92 Å². The van der Waals surface area contributed by atoms with Crippen molar-refractivity contribution >= 4 is 15.9 Å². The number of rotatable bonds is 6. The minimum atomic E-state index is 0.611. The number of nitrogens with one attached hydrogen (secondary N) is 1. The van der Waals surface area contributed by atoms with E-state index < -0.39 is 0 Å². The molecule has 0 radical (unpaired) electrons. The van der Waals surface area contributed by atoms with Crippen molar-refractivity contribution in [2.45, 2.75) is 72.0 Å². The van der Waals surface area contributed by atoms with E-state index in [-0.39, 0.29) is 0 Å². The second-order valence-corrected chi connectivity index (χ2v) is 6.38. The van der Waals surface area contributed by atoms with Gasteiger partial charge in [-0.05, 0) is 55.0 Å². The summed E-state index contributed by atoms with van der Waals surface area (Å²) in [6.07, 6.45) is 6.59. The van der Waals surface area contributed by atoms with Crippen molar-refractivity contribution in [3.05, 3.63) is 15.9 Å². The van der Waals surface area contributed by atoms with Crippen molar-refractivity contribution in [3.63, 3.8) is 0 Å². The van der Waals surface area contributed by atoms with E-state index in [9.17, 15) is 0 Å². The van der Waals surface area contributed by atoms with E-state index in [2.05, 4.69) is 51.8 Å². The molecule has 2 rings (SSSR count). The van der Waals surface area contributed by atoms with Crippen LogP contribution in [-0.2, 0) is 19.5 Å². The predicted molar refractivity (Wildman–Crippen MR) is 83.2 cm³/mol. The Bertz CT molecular complexity index is 408. The highest BCUT2D eigenvalue weighted by molar-refractivity contribution is 9.10. The van der Waals surface area contributed by atoms with E-state index in [1.807, 2.05) is 0 Å². The minimum absolute atomic E-state index is 0.611. The highest BCUT2D eigenvalue weighted by atomic mass is 79.9. The second-order valence-electron chi connectivity index (χ2n) is 5.59. The van der Waals surface area contributed by atoms with Crippen LogP contribution >= 0.6 is 15.9 Å². The molecule has 19 heavy (non-hydrogen) atoms. The predicted octanol–water partition coefficient (Wildman–Crippen LogP) is 3.90. The lowest BCUT2D eigenvalue weighted by Crippen LogP contribution is -2.32. The molecule has 1 N–H and O–H groups in total. The smallest absolute Gasteiger partial charge is 0.0767 e. The van der Waals surface area contributed by atoms with Crippen LogP contribution in [0.25, 0.3) is 0 Å². The third-order valence-electron chi connectivity index (χ3n) is 4.39. The van der Waals surface area contributed by atoms with Crippen molar-refractivity contribution < 1.29 is 0 Å². The van der Waals surface area contributed by atoms with Crippen molar-refractivity contribution in [2.24, 2.45) is 5.92 Å². The van der Waals surface area contributed by atoms with Crippen molar-refractivity contribution in [1.82, 2.24) is 15.1 Å². The average molecular weight is 328 g/mol. The second kappa shape index (κ2) is 6.89. The normalized spacial score (nSPS) is 18.1. The first-order valence-electron chi connectivity index (χ1n) is 7.64. The quantitative estimate of drug-likeness (QED) is 0.858. The third kappa shape index (κ3) is 3.40. The molecule has 4 heteroatoms. The lowest BCUT2D eigenvalue weighted by atomic mass is 10.00. The Morgan fingerprint density at radius 2 is 2.05 bits per heavy atom. The number of nitrogens with zero attached hydrogens (tertiary/aromatic N) is 2. The monoisotopic (exact) mass is 327 g/mol. The maximum Gasteiger partial charge on any atom is 0.0767 e. The van der Waals surface area contributed by atoms with E-state index >= 15 is 0 Å². The summed E-state index contributed by atoms with van der Waals surface area (Å²) in [6.45, 7) is 8.50. The molecule has 0 saturated heterocycles. The van der Waals surface area contributed by atoms with Gasteiger partial charge in [0.2, 0.25) is 0 Å². The van der Waals surface area contributed by atoms with Gasteiger partial charge in [-0.25, -0.2) is 0 Å². The van der Waals surface area contributed by atoms with Gasteiger partial charge in [-0.1, -0.05) is 19.8 Å². The summed E-state index contributed by atoms with van der Waals surface area (Å²) < 4.78 is 3.32. The Balaban J connectivity index is 1.99. The molecule has 1 atom stereocenters. The third-order valence-corrected chi connectivity index (χ3v) is 5.31. The molecule has 0 spiro atoms. The molecule has 108 valence electrons. The Morgan fingerprint density at radius 3 is 2.63 bits per heavy atom. The zero-order chi connectivity index (χ0) is 13.8. The van der Waals surface area contributed by atoms with Crippen LogP contribution in [0.4, 0.5) is 0 Å². The number of hydrogen-bond acceptors (Lipinski definition) is 2. The van der Waals surface area contributed by atoms with Crippen LogP contribution in [0.3, 0.4) is 0 Å². The Morgan fingerprint density at radius 1 is 1.37 bits per heavy atom. The molecule has 0 unspecified atom stereocenters. The highest BCUT2D eigenvalue weighted by Gasteiger charge is 2.22. The molecule has 1 aromatic rings. The van der Waals surface area contributed by atoms with Crippen LogP contribution in [0.2, 0.25) is 0 Å². The summed E-state index contributed by atoms with van der Waals surface area (Å²) in [7, 11) is 0. The summed E-state index contributed by atoms with van der Waals surface area (Å²) in [5, 5.41) is 8.35. The van der Waals surface area contributed by atoms with Crippen molar-refractivity contribution in [3.8, 4) is 0 Å². The van der Waals surface area contributed by atoms with Gasteiger partial charge in [0.15, 0.2) is 0 Å². The molecule has 1 aliphatic carbocycles. The van der Waals surface area contributed by atoms with E-state index in [0.717, 1.165) is 25.4 Å². The van der Waals surface area contributed by atoms with E-state index in [1.165, 1.54) is 41.5 Å². The van der Waals surface area contributed by atoms with Crippen LogP contribution in [0.15, 0.2) is 4.47 Å². The van der Waals surface area contributed by atoms with E-state index in [0.29, 0.717) is 6.04 Å². The number of aryl methyl sites for hydroxylation is 2. The van der Waals surface area contributed by atoms with Crippen LogP contribution in [0.1, 0.15) is 57.8 Å². The summed E-state index contributed by atoms with van der Waals surface area (Å²) in [5.41, 5.74) is 2.47. The fraction of sp³-hybridized carbons (Fsp3) is 0.800. The molecule has 0 aromatic carbocycles. The van der Waals surface area contributed by atoms with Gasteiger partial charge < -0.3 is 5.32 Å². The maximum absolute atomic E-state index is 4.65. The number of aromatic nitrogens is 2. The Labute approximate surface area is 125 Å². The molecule has 1 aliphatic rings. The summed E-state index contributed by atoms with van der Waals surface area (Å²) in [6, 6.07) is 0.611. The van der Waals surface area contributed by atoms with Gasteiger partial charge in [0.25, 0.3) is 0 Å². The van der Waals surface area contributed by atoms with Crippen LogP contribution < -0.4 is 5.32 Å². The van der Waals surface area contributed by atoms with Gasteiger partial charge in [-0.3, -0.25) is 4.68 Å². The molecular formula is C15H26BrN3. The first kappa shape index (κ1) is 15.0. The number of hydrogen-bond donors (Lipinski definition) is 1. The summed E-state index contributed by atoms with van der Waals surface area (Å²) >= 11 is 3.71. The molecule has 3 nitrogen and oxygen atoms in total. The van der Waals surface area contributed by atoms with Crippen molar-refractivity contribution in [1.29, 1.82) is 0 Å². The lowest BCUT2D eigenvalue weighted by molar-refractivity contribution is 0.375. The van der Waals surface area contributed by atoms with Crippen molar-refractivity contribution in [2.75, 3.05) is 0 Å². The molecular weight excluding hydrogens is 302 g/mol. The van der Waals surface area contributed by atoms with Gasteiger partial charge in [-0.15, -0.1) is 0 Å². The maximum atomic E-state index is 4.65. The summed E-state index contributed by atoms with van der Waals surface area (Å²) in [4.78, 5) is 0.